The Morgan fingerprint density at radius 2 is 1.57 bits per heavy atom. The molecule has 1 aliphatic rings. The van der Waals surface area contributed by atoms with Crippen LogP contribution in [0.4, 0.5) is 0 Å². The van der Waals surface area contributed by atoms with Gasteiger partial charge in [-0.3, -0.25) is 13.9 Å². The third-order valence-electron chi connectivity index (χ3n) is 5.39. The zero-order valence-electron chi connectivity index (χ0n) is 16.4. The molecule has 0 radical (unpaired) electrons. The number of fused-ring (bicyclic) bond motifs is 1. The zero-order chi connectivity index (χ0) is 21.5. The summed E-state index contributed by atoms with van der Waals surface area (Å²) in [6.07, 6.45) is 0. The summed E-state index contributed by atoms with van der Waals surface area (Å²) in [6, 6.07) is 14.0. The van der Waals surface area contributed by atoms with Gasteiger partial charge in [-0.2, -0.15) is 4.31 Å². The van der Waals surface area contributed by atoms with Gasteiger partial charge in [0, 0.05) is 37.7 Å². The fraction of sp³-hybridized carbons (Fsp3) is 0.300. The quantitative estimate of drug-likeness (QED) is 0.553. The summed E-state index contributed by atoms with van der Waals surface area (Å²) in [4.78, 5) is 27.2. The molecule has 0 aliphatic carbocycles. The summed E-state index contributed by atoms with van der Waals surface area (Å²) >= 11 is 3.29. The maximum atomic E-state index is 12.9. The number of piperazine rings is 1. The number of hydrogen-bond donors (Lipinski definition) is 0. The SMILES string of the molecule is Cn1c(=O)n(CC(=O)N2CCN(S(=O)(=O)c3ccccc3Br)CC2)c2ccccc21. The summed E-state index contributed by atoms with van der Waals surface area (Å²) in [6.45, 7) is 0.904. The molecule has 10 heteroatoms. The molecule has 2 heterocycles. The molecule has 1 aromatic heterocycles. The number of hydrogen-bond acceptors (Lipinski definition) is 4. The first kappa shape index (κ1) is 20.8. The van der Waals surface area contributed by atoms with E-state index in [0.29, 0.717) is 9.99 Å². The number of para-hydroxylation sites is 2. The predicted octanol–water partition coefficient (Wildman–Crippen LogP) is 1.64. The molecule has 1 saturated heterocycles. The van der Waals surface area contributed by atoms with Gasteiger partial charge in [0.2, 0.25) is 15.9 Å². The summed E-state index contributed by atoms with van der Waals surface area (Å²) in [5.41, 5.74) is 1.22. The topological polar surface area (TPSA) is 84.6 Å². The smallest absolute Gasteiger partial charge is 0.329 e. The van der Waals surface area contributed by atoms with E-state index in [4.69, 9.17) is 0 Å². The van der Waals surface area contributed by atoms with Gasteiger partial charge in [-0.05, 0) is 40.2 Å². The van der Waals surface area contributed by atoms with Crippen LogP contribution in [0.15, 0.2) is 62.7 Å². The maximum absolute atomic E-state index is 12.9. The molecule has 1 amide bonds. The van der Waals surface area contributed by atoms with Crippen LogP contribution < -0.4 is 5.69 Å². The lowest BCUT2D eigenvalue weighted by Crippen LogP contribution is -2.51. The minimum Gasteiger partial charge on any atom is -0.338 e. The lowest BCUT2D eigenvalue weighted by atomic mass is 10.3. The van der Waals surface area contributed by atoms with Crippen LogP contribution in [0.1, 0.15) is 0 Å². The van der Waals surface area contributed by atoms with E-state index in [1.165, 1.54) is 13.4 Å². The average molecular weight is 493 g/mol. The van der Waals surface area contributed by atoms with Crippen molar-refractivity contribution in [2.24, 2.45) is 7.05 Å². The van der Waals surface area contributed by atoms with Gasteiger partial charge in [0.15, 0.2) is 0 Å². The first-order chi connectivity index (χ1) is 14.3. The van der Waals surface area contributed by atoms with Crippen LogP contribution in [-0.4, -0.2) is 58.8 Å². The molecule has 0 unspecified atom stereocenters. The third-order valence-corrected chi connectivity index (χ3v) is 8.30. The number of sulfonamides is 1. The van der Waals surface area contributed by atoms with Crippen LogP contribution in [-0.2, 0) is 28.4 Å². The monoisotopic (exact) mass is 492 g/mol. The second-order valence-electron chi connectivity index (χ2n) is 7.13. The van der Waals surface area contributed by atoms with Crippen LogP contribution in [0.2, 0.25) is 0 Å². The Morgan fingerprint density at radius 1 is 0.967 bits per heavy atom. The van der Waals surface area contributed by atoms with Crippen molar-refractivity contribution < 1.29 is 13.2 Å². The second kappa shape index (κ2) is 8.01. The van der Waals surface area contributed by atoms with E-state index in [-0.39, 0.29) is 49.2 Å². The molecule has 1 fully saturated rings. The Bertz CT molecular complexity index is 1270. The molecule has 4 rings (SSSR count). The molecule has 2 aromatic carbocycles. The Labute approximate surface area is 182 Å². The van der Waals surface area contributed by atoms with E-state index in [1.54, 1.807) is 36.2 Å². The van der Waals surface area contributed by atoms with Gasteiger partial charge < -0.3 is 4.90 Å². The number of carbonyl (C=O) groups is 1. The van der Waals surface area contributed by atoms with Crippen LogP contribution >= 0.6 is 15.9 Å². The van der Waals surface area contributed by atoms with Crippen molar-refractivity contribution in [1.29, 1.82) is 0 Å². The van der Waals surface area contributed by atoms with E-state index < -0.39 is 10.0 Å². The molecule has 158 valence electrons. The van der Waals surface area contributed by atoms with Gasteiger partial charge in [0.05, 0.1) is 15.9 Å². The second-order valence-corrected chi connectivity index (χ2v) is 9.89. The minimum absolute atomic E-state index is 0.0723. The average Bonchev–Trinajstić information content (AvgIpc) is 2.99. The number of nitrogens with zero attached hydrogens (tertiary/aromatic N) is 4. The molecule has 0 N–H and O–H groups in total. The predicted molar refractivity (Wildman–Crippen MR) is 117 cm³/mol. The highest BCUT2D eigenvalue weighted by atomic mass is 79.9. The molecule has 0 saturated carbocycles. The van der Waals surface area contributed by atoms with Gasteiger partial charge >= 0.3 is 5.69 Å². The molecule has 30 heavy (non-hydrogen) atoms. The Kier molecular flexibility index (Phi) is 5.56. The first-order valence-electron chi connectivity index (χ1n) is 9.47. The van der Waals surface area contributed by atoms with Crippen molar-refractivity contribution in [1.82, 2.24) is 18.3 Å². The lowest BCUT2D eigenvalue weighted by molar-refractivity contribution is -0.133. The van der Waals surface area contributed by atoms with E-state index in [0.717, 1.165) is 5.52 Å². The lowest BCUT2D eigenvalue weighted by Gasteiger charge is -2.34. The number of amides is 1. The number of aryl methyl sites for hydroxylation is 1. The fourth-order valence-corrected chi connectivity index (χ4v) is 6.11. The van der Waals surface area contributed by atoms with Crippen molar-refractivity contribution in [3.05, 3.63) is 63.5 Å². The molecule has 0 atom stereocenters. The summed E-state index contributed by atoms with van der Waals surface area (Å²) in [7, 11) is -1.97. The molecular formula is C20H21BrN4O4S. The van der Waals surface area contributed by atoms with Crippen LogP contribution in [0, 0.1) is 0 Å². The van der Waals surface area contributed by atoms with Gasteiger partial charge in [-0.1, -0.05) is 24.3 Å². The molecule has 0 bridgehead atoms. The minimum atomic E-state index is -3.64. The zero-order valence-corrected chi connectivity index (χ0v) is 18.8. The van der Waals surface area contributed by atoms with Gasteiger partial charge in [0.25, 0.3) is 0 Å². The van der Waals surface area contributed by atoms with E-state index in [1.807, 2.05) is 24.3 Å². The van der Waals surface area contributed by atoms with Crippen molar-refractivity contribution in [3.8, 4) is 0 Å². The number of halogens is 1. The third kappa shape index (κ3) is 3.59. The van der Waals surface area contributed by atoms with Crippen LogP contribution in [0.5, 0.6) is 0 Å². The number of benzene rings is 2. The van der Waals surface area contributed by atoms with E-state index in [2.05, 4.69) is 15.9 Å². The number of aromatic nitrogens is 2. The van der Waals surface area contributed by atoms with E-state index >= 15 is 0 Å². The number of carbonyl (C=O) groups excluding carboxylic acids is 1. The van der Waals surface area contributed by atoms with Crippen molar-refractivity contribution in [3.63, 3.8) is 0 Å². The van der Waals surface area contributed by atoms with Gasteiger partial charge in [0.1, 0.15) is 6.54 Å². The normalized spacial score (nSPS) is 15.6. The Hall–Kier alpha value is -2.43. The van der Waals surface area contributed by atoms with Crippen LogP contribution in [0.3, 0.4) is 0 Å². The standard InChI is InChI=1S/C20H21BrN4O4S/c1-22-16-7-3-4-8-17(16)25(20(22)27)14-19(26)23-10-12-24(13-11-23)30(28,29)18-9-5-2-6-15(18)21/h2-9H,10-14H2,1H3. The van der Waals surface area contributed by atoms with Crippen LogP contribution in [0.25, 0.3) is 11.0 Å². The van der Waals surface area contributed by atoms with Crippen molar-refractivity contribution in [2.45, 2.75) is 11.4 Å². The highest BCUT2D eigenvalue weighted by molar-refractivity contribution is 9.10. The highest BCUT2D eigenvalue weighted by Crippen LogP contribution is 2.25. The highest BCUT2D eigenvalue weighted by Gasteiger charge is 2.31. The number of imidazole rings is 1. The molecule has 8 nitrogen and oxygen atoms in total. The summed E-state index contributed by atoms with van der Waals surface area (Å²) in [5.74, 6) is -0.202. The fourth-order valence-electron chi connectivity index (χ4n) is 3.72. The summed E-state index contributed by atoms with van der Waals surface area (Å²) < 4.78 is 30.7. The maximum Gasteiger partial charge on any atom is 0.329 e. The summed E-state index contributed by atoms with van der Waals surface area (Å²) in [5, 5.41) is 0. The Morgan fingerprint density at radius 3 is 2.23 bits per heavy atom. The Balaban J connectivity index is 1.48. The largest absolute Gasteiger partial charge is 0.338 e. The molecular weight excluding hydrogens is 472 g/mol. The van der Waals surface area contributed by atoms with Crippen molar-refractivity contribution >= 4 is 42.9 Å². The number of rotatable bonds is 4. The van der Waals surface area contributed by atoms with E-state index in [9.17, 15) is 18.0 Å². The van der Waals surface area contributed by atoms with Gasteiger partial charge in [-0.25, -0.2) is 13.2 Å². The molecule has 3 aromatic rings. The first-order valence-corrected chi connectivity index (χ1v) is 11.7. The molecule has 1 aliphatic heterocycles. The molecule has 0 spiro atoms. The van der Waals surface area contributed by atoms with Crippen molar-refractivity contribution in [2.75, 3.05) is 26.2 Å². The van der Waals surface area contributed by atoms with Gasteiger partial charge in [-0.15, -0.1) is 0 Å².